The van der Waals surface area contributed by atoms with Crippen molar-refractivity contribution in [3.63, 3.8) is 0 Å². The van der Waals surface area contributed by atoms with Gasteiger partial charge in [0.25, 0.3) is 0 Å². The van der Waals surface area contributed by atoms with Gasteiger partial charge < -0.3 is 0 Å². The average molecular weight is 321 g/mol. The van der Waals surface area contributed by atoms with Crippen LogP contribution < -0.4 is 0 Å². The summed E-state index contributed by atoms with van der Waals surface area (Å²) in [7, 11) is 0. The fourth-order valence-corrected chi connectivity index (χ4v) is 18.7. The molecule has 0 heterocycles. The second-order valence-corrected chi connectivity index (χ2v) is 29.1. The minimum Gasteiger partial charge on any atom is -0.0918 e. The van der Waals surface area contributed by atoms with Crippen LogP contribution in [0.15, 0.2) is 0 Å². The first kappa shape index (κ1) is 12.7. The quantitative estimate of drug-likeness (QED) is 0.458. The van der Waals surface area contributed by atoms with Gasteiger partial charge in [-0.25, -0.2) is 0 Å². The van der Waals surface area contributed by atoms with Crippen LogP contribution in [0.1, 0.15) is 0 Å². The van der Waals surface area contributed by atoms with Crippen molar-refractivity contribution in [3.8, 4) is 0 Å². The molecule has 0 saturated carbocycles. The molecule has 0 fully saturated rings. The first-order valence-electron chi connectivity index (χ1n) is 1.56. The van der Waals surface area contributed by atoms with Crippen LogP contribution >= 0.6 is 16.3 Å². The molecule has 0 radical (unpaired) electrons. The normalized spacial score (nSPS) is 12.9. The maximum absolute atomic E-state index is 4.98. The molecule has 0 unspecified atom stereocenters. The highest BCUT2D eigenvalue weighted by Gasteiger charge is 2.08. The van der Waals surface area contributed by atoms with Crippen molar-refractivity contribution in [2.75, 3.05) is 0 Å². The van der Waals surface area contributed by atoms with Gasteiger partial charge in [-0.3, -0.25) is 0 Å². The topological polar surface area (TPSA) is 0 Å². The lowest BCUT2D eigenvalue weighted by atomic mass is 29.7. The van der Waals surface area contributed by atoms with Crippen LogP contribution in [0.25, 0.3) is 0 Å². The van der Waals surface area contributed by atoms with Gasteiger partial charge in [-0.1, -0.05) is 11.7 Å². The first-order chi connectivity index (χ1) is 4.19. The highest BCUT2D eigenvalue weighted by molar-refractivity contribution is 9.39. The van der Waals surface area contributed by atoms with Gasteiger partial charge >= 0.3 is 0 Å². The molecular formula is HPS9. The fourth-order valence-electron chi connectivity index (χ4n) is 0.0769. The van der Waals surface area contributed by atoms with Crippen LogP contribution in [-0.2, 0) is 79.4 Å². The van der Waals surface area contributed by atoms with E-state index in [1.54, 1.807) is 0 Å². The van der Waals surface area contributed by atoms with Crippen LogP contribution in [0.4, 0.5) is 0 Å². The Morgan fingerprint density at radius 2 is 1.30 bits per heavy atom. The minimum atomic E-state index is -2.01. The Kier molecular flexibility index (Phi) is 5.39. The summed E-state index contributed by atoms with van der Waals surface area (Å²) in [6.07, 6.45) is 0. The van der Waals surface area contributed by atoms with Crippen molar-refractivity contribution in [3.05, 3.63) is 0 Å². The Bertz CT molecular complexity index is 360. The van der Waals surface area contributed by atoms with Crippen LogP contribution in [0, 0.1) is 0 Å². The van der Waals surface area contributed by atoms with Gasteiger partial charge in [0.1, 0.15) is 0 Å². The molecule has 0 aliphatic carbocycles. The van der Waals surface area contributed by atoms with Gasteiger partial charge in [-0.05, 0) is 68.4 Å². The zero-order valence-electron chi connectivity index (χ0n) is 4.16. The van der Waals surface area contributed by atoms with Gasteiger partial charge in [-0.2, -0.15) is 0 Å². The standard InChI is InChI=1S/HPS9/c2-1(3)9(4,5)10(6,7)8/h(H,6,7,8). The number of rotatable bonds is 2. The first-order valence-corrected chi connectivity index (χ1v) is 14.1. The molecule has 0 aliphatic rings. The monoisotopic (exact) mass is 320 g/mol. The van der Waals surface area contributed by atoms with Crippen molar-refractivity contribution in [2.24, 2.45) is 0 Å². The van der Waals surface area contributed by atoms with Gasteiger partial charge in [-0.15, -0.1) is 0 Å². The Labute approximate surface area is 94.2 Å². The van der Waals surface area contributed by atoms with E-state index in [-0.39, 0.29) is 0 Å². The zero-order valence-corrected chi connectivity index (χ0v) is 12.5. The molecule has 0 saturated heterocycles. The van der Waals surface area contributed by atoms with Crippen molar-refractivity contribution >= 4 is 95.7 Å². The molecule has 0 nitrogen and oxygen atoms in total. The Morgan fingerprint density at radius 3 is 1.30 bits per heavy atom. The van der Waals surface area contributed by atoms with E-state index >= 15 is 0 Å². The van der Waals surface area contributed by atoms with E-state index in [1.165, 1.54) is 0 Å². The Morgan fingerprint density at radius 1 is 1.00 bits per heavy atom. The van der Waals surface area contributed by atoms with E-state index in [2.05, 4.69) is 11.7 Å². The van der Waals surface area contributed by atoms with E-state index in [1.807, 2.05) is 0 Å². The predicted octanol–water partition coefficient (Wildman–Crippen LogP) is 1.22. The molecule has 10 heteroatoms. The molecule has 0 N–H and O–H groups in total. The summed E-state index contributed by atoms with van der Waals surface area (Å²) in [6, 6.07) is 0. The third-order valence-electron chi connectivity index (χ3n) is 0.449. The summed E-state index contributed by atoms with van der Waals surface area (Å²) in [5.41, 5.74) is 0. The van der Waals surface area contributed by atoms with Gasteiger partial charge in [0.2, 0.25) is 0 Å². The number of thiol groups is 1. The molecule has 0 atom stereocenters. The average Bonchev–Trinajstić information content (AvgIpc) is 1.62. The molecule has 10 heavy (non-hydrogen) atoms. The highest BCUT2D eigenvalue weighted by atomic mass is 34.0. The SMILES string of the molecule is S=P(=S)S(=S)(=S)S(=S)(=S)S. The lowest BCUT2D eigenvalue weighted by Gasteiger charge is -2.03. The molecule has 60 valence electrons. The predicted molar refractivity (Wildman–Crippen MR) is 74.8 cm³/mol. The van der Waals surface area contributed by atoms with Crippen molar-refractivity contribution in [1.29, 1.82) is 0 Å². The van der Waals surface area contributed by atoms with Crippen LogP contribution in [0.5, 0.6) is 0 Å². The molecular weight excluding hydrogens is 320 g/mol. The fraction of sp³-hybridized carbons (Fsp3) is 0. The Balaban J connectivity index is 5.68. The summed E-state index contributed by atoms with van der Waals surface area (Å²) in [5, 5.41) is -2.01. The zero-order chi connectivity index (χ0) is 8.58. The molecule has 0 aliphatic heterocycles. The van der Waals surface area contributed by atoms with E-state index in [0.717, 1.165) is 0 Å². The molecule has 0 aromatic heterocycles. The molecule has 0 aromatic rings. The van der Waals surface area contributed by atoms with Gasteiger partial charge in [0, 0.05) is 11.0 Å². The van der Waals surface area contributed by atoms with E-state index in [4.69, 9.17) is 68.4 Å². The van der Waals surface area contributed by atoms with Crippen molar-refractivity contribution < 1.29 is 0 Å². The summed E-state index contributed by atoms with van der Waals surface area (Å²) in [4.78, 5) is 0. The van der Waals surface area contributed by atoms with Crippen LogP contribution in [-0.4, -0.2) is 0 Å². The number of hydrogen-bond acceptors (Lipinski definition) is 6. The van der Waals surface area contributed by atoms with Gasteiger partial charge in [0.15, 0.2) is 0 Å². The van der Waals surface area contributed by atoms with Crippen LogP contribution in [0.3, 0.4) is 0 Å². The van der Waals surface area contributed by atoms with E-state index in [9.17, 15) is 0 Å². The van der Waals surface area contributed by atoms with E-state index < -0.39 is 15.7 Å². The lowest BCUT2D eigenvalue weighted by molar-refractivity contribution is 5.25. The molecule has 0 spiro atoms. The van der Waals surface area contributed by atoms with Crippen molar-refractivity contribution in [2.45, 2.75) is 0 Å². The smallest absolute Gasteiger partial charge is 0.0882 e. The summed E-state index contributed by atoms with van der Waals surface area (Å²) in [6.45, 7) is 0. The number of hydrogen-bond donors (Lipinski definition) is 1. The third kappa shape index (κ3) is 3.20. The molecule has 0 aromatic carbocycles. The van der Waals surface area contributed by atoms with Gasteiger partial charge in [0.05, 0.1) is 4.67 Å². The van der Waals surface area contributed by atoms with Crippen molar-refractivity contribution in [1.82, 2.24) is 0 Å². The summed E-state index contributed by atoms with van der Waals surface area (Å²) < 4.78 is -1.20. The molecule has 0 amide bonds. The largest absolute Gasteiger partial charge is 0.0918 e. The van der Waals surface area contributed by atoms with E-state index in [0.29, 0.717) is 0 Å². The maximum Gasteiger partial charge on any atom is 0.0882 e. The maximum atomic E-state index is 4.98. The van der Waals surface area contributed by atoms with Crippen LogP contribution in [0.2, 0.25) is 0 Å². The molecule has 0 rings (SSSR count). The summed E-state index contributed by atoms with van der Waals surface area (Å²) >= 11 is 33.3. The third-order valence-corrected chi connectivity index (χ3v) is 36.3. The second-order valence-electron chi connectivity index (χ2n) is 1.08. The molecule has 0 bridgehead atoms. The Hall–Kier alpha value is 2.67. The highest BCUT2D eigenvalue weighted by Crippen LogP contribution is 2.28. The summed E-state index contributed by atoms with van der Waals surface area (Å²) in [5.74, 6) is -1.98. The lowest BCUT2D eigenvalue weighted by Crippen LogP contribution is -1.93. The minimum absolute atomic E-state index is 1.20. The second kappa shape index (κ2) is 4.26.